The second-order valence-corrected chi connectivity index (χ2v) is 3.85. The Morgan fingerprint density at radius 1 is 1.19 bits per heavy atom. The Kier molecular flexibility index (Phi) is 5.72. The van der Waals surface area contributed by atoms with E-state index in [1.54, 1.807) is 19.2 Å². The number of rotatable bonds is 7. The molecule has 0 saturated heterocycles. The molecule has 0 aromatic heterocycles. The van der Waals surface area contributed by atoms with Gasteiger partial charge in [-0.15, -0.1) is 0 Å². The first-order chi connectivity index (χ1) is 7.77. The van der Waals surface area contributed by atoms with E-state index in [2.05, 4.69) is 11.8 Å². The Morgan fingerprint density at radius 3 is 2.44 bits per heavy atom. The number of anilines is 1. The quantitative estimate of drug-likeness (QED) is 0.771. The molecule has 0 atom stereocenters. The Balaban J connectivity index is 2.62. The van der Waals surface area contributed by atoms with Crippen molar-refractivity contribution in [1.82, 2.24) is 0 Å². The number of hydrogen-bond donors (Lipinski definition) is 1. The smallest absolute Gasteiger partial charge is 0.115 e. The molecule has 1 N–H and O–H groups in total. The molecule has 0 saturated carbocycles. The molecular weight excluding hydrogens is 202 g/mol. The number of nitrogens with zero attached hydrogens (tertiary/aromatic N) is 1. The Morgan fingerprint density at radius 2 is 1.88 bits per heavy atom. The Labute approximate surface area is 97.7 Å². The van der Waals surface area contributed by atoms with Crippen LogP contribution in [-0.2, 0) is 4.74 Å². The fourth-order valence-electron chi connectivity index (χ4n) is 1.58. The molecule has 0 heterocycles. The van der Waals surface area contributed by atoms with E-state index in [1.807, 2.05) is 12.1 Å². The van der Waals surface area contributed by atoms with Crippen LogP contribution in [0.4, 0.5) is 5.69 Å². The summed E-state index contributed by atoms with van der Waals surface area (Å²) in [5.74, 6) is 0.311. The largest absolute Gasteiger partial charge is 0.508 e. The van der Waals surface area contributed by atoms with E-state index in [9.17, 15) is 5.11 Å². The van der Waals surface area contributed by atoms with Gasteiger partial charge in [-0.2, -0.15) is 0 Å². The predicted molar refractivity (Wildman–Crippen MR) is 67.1 cm³/mol. The average Bonchev–Trinajstić information content (AvgIpc) is 2.31. The molecule has 1 rings (SSSR count). The summed E-state index contributed by atoms with van der Waals surface area (Å²) in [6, 6.07) is 7.34. The molecule has 0 aliphatic carbocycles. The van der Waals surface area contributed by atoms with Gasteiger partial charge in [0, 0.05) is 25.9 Å². The third-order valence-corrected chi connectivity index (χ3v) is 2.56. The van der Waals surface area contributed by atoms with Gasteiger partial charge in [0.05, 0.1) is 6.61 Å². The van der Waals surface area contributed by atoms with Crippen LogP contribution in [0.2, 0.25) is 0 Å². The van der Waals surface area contributed by atoms with Gasteiger partial charge in [0.25, 0.3) is 0 Å². The minimum absolute atomic E-state index is 0.311. The number of benzene rings is 1. The van der Waals surface area contributed by atoms with Gasteiger partial charge in [-0.1, -0.05) is 13.3 Å². The predicted octanol–water partition coefficient (Wildman–Crippen LogP) is 2.65. The van der Waals surface area contributed by atoms with E-state index < -0.39 is 0 Å². The van der Waals surface area contributed by atoms with Gasteiger partial charge < -0.3 is 14.7 Å². The number of aromatic hydroxyl groups is 1. The van der Waals surface area contributed by atoms with E-state index >= 15 is 0 Å². The minimum atomic E-state index is 0.311. The molecule has 0 aliphatic rings. The molecule has 0 radical (unpaired) electrons. The van der Waals surface area contributed by atoms with Crippen LogP contribution in [0.1, 0.15) is 19.8 Å². The van der Waals surface area contributed by atoms with Gasteiger partial charge in [-0.3, -0.25) is 0 Å². The third kappa shape index (κ3) is 4.11. The van der Waals surface area contributed by atoms with Gasteiger partial charge in [0.1, 0.15) is 5.75 Å². The molecule has 0 amide bonds. The van der Waals surface area contributed by atoms with Crippen molar-refractivity contribution in [2.45, 2.75) is 19.8 Å². The van der Waals surface area contributed by atoms with Crippen molar-refractivity contribution < 1.29 is 9.84 Å². The van der Waals surface area contributed by atoms with Crippen LogP contribution in [0.5, 0.6) is 5.75 Å². The summed E-state index contributed by atoms with van der Waals surface area (Å²) in [6.07, 6.45) is 2.35. The van der Waals surface area contributed by atoms with Crippen molar-refractivity contribution in [2.75, 3.05) is 31.7 Å². The molecular formula is C13H21NO2. The molecule has 0 aliphatic heterocycles. The minimum Gasteiger partial charge on any atom is -0.508 e. The van der Waals surface area contributed by atoms with Gasteiger partial charge in [-0.25, -0.2) is 0 Å². The van der Waals surface area contributed by atoms with Crippen molar-refractivity contribution in [3.63, 3.8) is 0 Å². The van der Waals surface area contributed by atoms with E-state index in [-0.39, 0.29) is 0 Å². The lowest BCUT2D eigenvalue weighted by Gasteiger charge is -2.24. The van der Waals surface area contributed by atoms with Crippen LogP contribution < -0.4 is 4.90 Å². The maximum Gasteiger partial charge on any atom is 0.115 e. The summed E-state index contributed by atoms with van der Waals surface area (Å²) in [5, 5.41) is 9.25. The normalized spacial score (nSPS) is 10.4. The molecule has 3 nitrogen and oxygen atoms in total. The molecule has 3 heteroatoms. The lowest BCUT2D eigenvalue weighted by atomic mass is 10.2. The first-order valence-electron chi connectivity index (χ1n) is 5.81. The molecule has 0 bridgehead atoms. The highest BCUT2D eigenvalue weighted by Crippen LogP contribution is 2.18. The van der Waals surface area contributed by atoms with Crippen molar-refractivity contribution in [1.29, 1.82) is 0 Å². The molecule has 0 unspecified atom stereocenters. The van der Waals surface area contributed by atoms with E-state index in [0.717, 1.165) is 25.4 Å². The van der Waals surface area contributed by atoms with Gasteiger partial charge in [0.15, 0.2) is 0 Å². The maximum atomic E-state index is 9.25. The second-order valence-electron chi connectivity index (χ2n) is 3.85. The van der Waals surface area contributed by atoms with E-state index in [4.69, 9.17) is 4.74 Å². The number of hydrogen-bond acceptors (Lipinski definition) is 3. The molecule has 16 heavy (non-hydrogen) atoms. The van der Waals surface area contributed by atoms with Crippen molar-refractivity contribution in [2.24, 2.45) is 0 Å². The number of unbranched alkanes of at least 4 members (excludes halogenated alkanes) is 1. The summed E-state index contributed by atoms with van der Waals surface area (Å²) in [4.78, 5) is 2.28. The highest BCUT2D eigenvalue weighted by Gasteiger charge is 2.05. The van der Waals surface area contributed by atoms with E-state index in [0.29, 0.717) is 5.75 Å². The third-order valence-electron chi connectivity index (χ3n) is 2.56. The lowest BCUT2D eigenvalue weighted by Crippen LogP contribution is -2.28. The first kappa shape index (κ1) is 12.8. The molecule has 1 aromatic carbocycles. The second kappa shape index (κ2) is 7.12. The zero-order chi connectivity index (χ0) is 11.8. The van der Waals surface area contributed by atoms with Gasteiger partial charge in [-0.05, 0) is 30.7 Å². The number of phenolic OH excluding ortho intramolecular Hbond substituents is 1. The van der Waals surface area contributed by atoms with Crippen molar-refractivity contribution in [3.05, 3.63) is 24.3 Å². The monoisotopic (exact) mass is 223 g/mol. The molecule has 0 spiro atoms. The summed E-state index contributed by atoms with van der Waals surface area (Å²) in [7, 11) is 1.72. The van der Waals surface area contributed by atoms with Crippen LogP contribution >= 0.6 is 0 Å². The number of phenols is 1. The van der Waals surface area contributed by atoms with Crippen LogP contribution in [0.25, 0.3) is 0 Å². The number of ether oxygens (including phenoxy) is 1. The topological polar surface area (TPSA) is 32.7 Å². The molecule has 0 fully saturated rings. The van der Waals surface area contributed by atoms with Crippen LogP contribution in [0.3, 0.4) is 0 Å². The van der Waals surface area contributed by atoms with Crippen LogP contribution in [-0.4, -0.2) is 31.9 Å². The van der Waals surface area contributed by atoms with Gasteiger partial charge in [0.2, 0.25) is 0 Å². The zero-order valence-electron chi connectivity index (χ0n) is 10.1. The Hall–Kier alpha value is -1.22. The highest BCUT2D eigenvalue weighted by molar-refractivity contribution is 5.48. The fourth-order valence-corrected chi connectivity index (χ4v) is 1.58. The lowest BCUT2D eigenvalue weighted by molar-refractivity contribution is 0.205. The summed E-state index contributed by atoms with van der Waals surface area (Å²) in [5.41, 5.74) is 1.14. The first-order valence-corrected chi connectivity index (χ1v) is 5.81. The molecule has 1 aromatic rings. The summed E-state index contributed by atoms with van der Waals surface area (Å²) < 4.78 is 5.11. The highest BCUT2D eigenvalue weighted by atomic mass is 16.5. The van der Waals surface area contributed by atoms with E-state index in [1.165, 1.54) is 12.8 Å². The molecule has 90 valence electrons. The number of methoxy groups -OCH3 is 1. The summed E-state index contributed by atoms with van der Waals surface area (Å²) in [6.45, 7) is 4.84. The Bertz CT molecular complexity index is 276. The van der Waals surface area contributed by atoms with Gasteiger partial charge >= 0.3 is 0 Å². The zero-order valence-corrected chi connectivity index (χ0v) is 10.1. The average molecular weight is 223 g/mol. The van der Waals surface area contributed by atoms with Crippen LogP contribution in [0, 0.1) is 0 Å². The van der Waals surface area contributed by atoms with Crippen molar-refractivity contribution >= 4 is 5.69 Å². The van der Waals surface area contributed by atoms with Crippen LogP contribution in [0.15, 0.2) is 24.3 Å². The summed E-state index contributed by atoms with van der Waals surface area (Å²) >= 11 is 0. The standard InChI is InChI=1S/C13H21NO2/c1-3-4-9-14(10-11-16-2)12-5-7-13(15)8-6-12/h5-8,15H,3-4,9-11H2,1-2H3. The SMILES string of the molecule is CCCCN(CCOC)c1ccc(O)cc1. The fraction of sp³-hybridized carbons (Fsp3) is 0.538. The maximum absolute atomic E-state index is 9.25. The van der Waals surface area contributed by atoms with Crippen molar-refractivity contribution in [3.8, 4) is 5.75 Å².